The van der Waals surface area contributed by atoms with Gasteiger partial charge in [-0.2, -0.15) is 0 Å². The molecule has 5 nitrogen and oxygen atoms in total. The summed E-state index contributed by atoms with van der Waals surface area (Å²) in [7, 11) is 1.82. The van der Waals surface area contributed by atoms with Crippen LogP contribution in [0.5, 0.6) is 5.75 Å². The fraction of sp³-hybridized carbons (Fsp3) is 0.368. The molecular formula is C19H26N2O3. The zero-order chi connectivity index (χ0) is 17.5. The second-order valence-corrected chi connectivity index (χ2v) is 6.25. The third-order valence-corrected chi connectivity index (χ3v) is 4.05. The molecule has 0 aliphatic carbocycles. The van der Waals surface area contributed by atoms with Gasteiger partial charge in [-0.3, -0.25) is 0 Å². The van der Waals surface area contributed by atoms with Gasteiger partial charge in [-0.25, -0.2) is 0 Å². The molecule has 24 heavy (non-hydrogen) atoms. The SMILES string of the molecule is CN(C[C@H](O)c1cccc(O)c1)C[C@H](O)[C@@H](N)Cc1ccccc1. The molecule has 0 amide bonds. The highest BCUT2D eigenvalue weighted by Gasteiger charge is 2.19. The minimum atomic E-state index is -0.736. The topological polar surface area (TPSA) is 90.0 Å². The monoisotopic (exact) mass is 330 g/mol. The van der Waals surface area contributed by atoms with E-state index in [1.165, 1.54) is 6.07 Å². The van der Waals surface area contributed by atoms with E-state index in [4.69, 9.17) is 5.73 Å². The Hall–Kier alpha value is -1.92. The van der Waals surface area contributed by atoms with Gasteiger partial charge in [0, 0.05) is 19.1 Å². The lowest BCUT2D eigenvalue weighted by molar-refractivity contribution is 0.0707. The van der Waals surface area contributed by atoms with Crippen molar-refractivity contribution in [3.05, 3.63) is 65.7 Å². The number of aliphatic hydroxyl groups excluding tert-OH is 2. The van der Waals surface area contributed by atoms with Crippen molar-refractivity contribution in [3.8, 4) is 5.75 Å². The molecule has 0 aliphatic heterocycles. The molecule has 2 aromatic rings. The Kier molecular flexibility index (Phi) is 6.75. The van der Waals surface area contributed by atoms with Gasteiger partial charge in [-0.15, -0.1) is 0 Å². The standard InChI is InChI=1S/C19H26N2O3/c1-21(12-18(23)15-8-5-9-16(22)11-15)13-19(24)17(20)10-14-6-3-2-4-7-14/h2-9,11,17-19,22-24H,10,12-13,20H2,1H3/t17-,18-,19-/m0/s1. The predicted molar refractivity (Wildman–Crippen MR) is 94.7 cm³/mol. The van der Waals surface area contributed by atoms with Gasteiger partial charge in [0.15, 0.2) is 0 Å². The number of nitrogens with two attached hydrogens (primary N) is 1. The predicted octanol–water partition coefficient (Wildman–Crippen LogP) is 1.29. The summed E-state index contributed by atoms with van der Waals surface area (Å²) in [5, 5.41) is 30.0. The average molecular weight is 330 g/mol. The molecule has 0 aliphatic rings. The van der Waals surface area contributed by atoms with Crippen molar-refractivity contribution in [2.45, 2.75) is 24.7 Å². The Labute approximate surface area is 143 Å². The van der Waals surface area contributed by atoms with Crippen LogP contribution in [0.15, 0.2) is 54.6 Å². The van der Waals surface area contributed by atoms with Crippen molar-refractivity contribution in [2.24, 2.45) is 5.73 Å². The summed E-state index contributed by atoms with van der Waals surface area (Å²) in [4.78, 5) is 1.84. The molecule has 0 heterocycles. The summed E-state index contributed by atoms with van der Waals surface area (Å²) < 4.78 is 0. The largest absolute Gasteiger partial charge is 0.508 e. The quantitative estimate of drug-likeness (QED) is 0.586. The van der Waals surface area contributed by atoms with Gasteiger partial charge >= 0.3 is 0 Å². The Balaban J connectivity index is 1.83. The van der Waals surface area contributed by atoms with Crippen molar-refractivity contribution in [3.63, 3.8) is 0 Å². The minimum absolute atomic E-state index is 0.124. The second kappa shape index (κ2) is 8.80. The van der Waals surface area contributed by atoms with Crippen LogP contribution < -0.4 is 5.73 Å². The maximum atomic E-state index is 10.3. The maximum absolute atomic E-state index is 10.3. The Morgan fingerprint density at radius 3 is 2.38 bits per heavy atom. The van der Waals surface area contributed by atoms with Crippen LogP contribution in [0.25, 0.3) is 0 Å². The average Bonchev–Trinajstić information content (AvgIpc) is 2.55. The minimum Gasteiger partial charge on any atom is -0.508 e. The summed E-state index contributed by atoms with van der Waals surface area (Å²) in [6.45, 7) is 0.711. The lowest BCUT2D eigenvalue weighted by Crippen LogP contribution is -2.44. The molecule has 0 spiro atoms. The summed E-state index contributed by atoms with van der Waals surface area (Å²) in [5.74, 6) is 0.124. The lowest BCUT2D eigenvalue weighted by atomic mass is 10.0. The van der Waals surface area contributed by atoms with Gasteiger partial charge in [-0.1, -0.05) is 42.5 Å². The van der Waals surface area contributed by atoms with Crippen LogP contribution in [0.4, 0.5) is 0 Å². The molecule has 0 unspecified atom stereocenters. The van der Waals surface area contributed by atoms with E-state index in [0.29, 0.717) is 25.1 Å². The van der Waals surface area contributed by atoms with Crippen molar-refractivity contribution >= 4 is 0 Å². The number of hydrogen-bond acceptors (Lipinski definition) is 5. The van der Waals surface area contributed by atoms with Crippen molar-refractivity contribution in [1.82, 2.24) is 4.90 Å². The number of likely N-dealkylation sites (N-methyl/N-ethyl adjacent to an activating group) is 1. The van der Waals surface area contributed by atoms with Gasteiger partial charge in [-0.05, 0) is 36.7 Å². The first-order chi connectivity index (χ1) is 11.5. The summed E-state index contributed by atoms with van der Waals surface area (Å²) in [6, 6.07) is 16.0. The van der Waals surface area contributed by atoms with Crippen molar-refractivity contribution in [2.75, 3.05) is 20.1 Å². The Bertz CT molecular complexity index is 621. The molecule has 0 fully saturated rings. The van der Waals surface area contributed by atoms with E-state index in [1.807, 2.05) is 42.3 Å². The first kappa shape index (κ1) is 18.4. The van der Waals surface area contributed by atoms with Gasteiger partial charge in [0.05, 0.1) is 12.2 Å². The first-order valence-electron chi connectivity index (χ1n) is 8.09. The number of nitrogens with zero attached hydrogens (tertiary/aromatic N) is 1. The van der Waals surface area contributed by atoms with Crippen LogP contribution in [0.1, 0.15) is 17.2 Å². The highest BCUT2D eigenvalue weighted by molar-refractivity contribution is 5.28. The number of phenolic OH excluding ortho intramolecular Hbond substituents is 1. The number of benzene rings is 2. The molecule has 0 bridgehead atoms. The molecule has 2 rings (SSSR count). The molecular weight excluding hydrogens is 304 g/mol. The van der Waals surface area contributed by atoms with Crippen LogP contribution in [0.3, 0.4) is 0 Å². The zero-order valence-electron chi connectivity index (χ0n) is 13.9. The van der Waals surface area contributed by atoms with E-state index in [0.717, 1.165) is 5.56 Å². The van der Waals surface area contributed by atoms with Crippen molar-refractivity contribution in [1.29, 1.82) is 0 Å². The molecule has 0 saturated heterocycles. The van der Waals surface area contributed by atoms with Crippen LogP contribution in [-0.4, -0.2) is 52.5 Å². The van der Waals surface area contributed by atoms with E-state index in [-0.39, 0.29) is 11.8 Å². The summed E-state index contributed by atoms with van der Waals surface area (Å²) >= 11 is 0. The van der Waals surface area contributed by atoms with E-state index < -0.39 is 12.2 Å². The highest BCUT2D eigenvalue weighted by Crippen LogP contribution is 2.19. The lowest BCUT2D eigenvalue weighted by Gasteiger charge is -2.26. The fourth-order valence-electron chi connectivity index (χ4n) is 2.68. The molecule has 2 aromatic carbocycles. The van der Waals surface area contributed by atoms with Gasteiger partial charge in [0.25, 0.3) is 0 Å². The van der Waals surface area contributed by atoms with E-state index in [9.17, 15) is 15.3 Å². The summed E-state index contributed by atoms with van der Waals surface area (Å²) in [5.41, 5.74) is 7.82. The van der Waals surface area contributed by atoms with Crippen LogP contribution >= 0.6 is 0 Å². The van der Waals surface area contributed by atoms with Crippen LogP contribution in [0.2, 0.25) is 0 Å². The molecule has 5 heteroatoms. The molecule has 5 N–H and O–H groups in total. The normalized spacial score (nSPS) is 15.2. The number of hydrogen-bond donors (Lipinski definition) is 4. The number of aliphatic hydroxyl groups is 2. The zero-order valence-corrected chi connectivity index (χ0v) is 13.9. The molecule has 3 atom stereocenters. The molecule has 0 saturated carbocycles. The molecule has 130 valence electrons. The molecule has 0 aromatic heterocycles. The Morgan fingerprint density at radius 2 is 1.71 bits per heavy atom. The smallest absolute Gasteiger partial charge is 0.115 e. The maximum Gasteiger partial charge on any atom is 0.115 e. The Morgan fingerprint density at radius 1 is 1.00 bits per heavy atom. The number of aromatic hydroxyl groups is 1. The first-order valence-corrected chi connectivity index (χ1v) is 8.09. The van der Waals surface area contributed by atoms with E-state index in [2.05, 4.69) is 0 Å². The van der Waals surface area contributed by atoms with Crippen LogP contribution in [-0.2, 0) is 6.42 Å². The summed E-state index contributed by atoms with van der Waals surface area (Å²) in [6.07, 6.45) is -0.823. The fourth-order valence-corrected chi connectivity index (χ4v) is 2.68. The van der Waals surface area contributed by atoms with Crippen molar-refractivity contribution < 1.29 is 15.3 Å². The van der Waals surface area contributed by atoms with Gasteiger partial charge in [0.1, 0.15) is 5.75 Å². The van der Waals surface area contributed by atoms with Gasteiger partial charge in [0.2, 0.25) is 0 Å². The van der Waals surface area contributed by atoms with Gasteiger partial charge < -0.3 is 26.0 Å². The van der Waals surface area contributed by atoms with E-state index >= 15 is 0 Å². The third kappa shape index (κ3) is 5.62. The second-order valence-electron chi connectivity index (χ2n) is 6.25. The van der Waals surface area contributed by atoms with E-state index in [1.54, 1.807) is 18.2 Å². The van der Waals surface area contributed by atoms with Crippen LogP contribution in [0, 0.1) is 0 Å². The highest BCUT2D eigenvalue weighted by atomic mass is 16.3. The molecule has 0 radical (unpaired) electrons. The number of rotatable bonds is 8. The third-order valence-electron chi connectivity index (χ3n) is 4.05. The number of phenols is 1.